The summed E-state index contributed by atoms with van der Waals surface area (Å²) in [6, 6.07) is 11.4. The van der Waals surface area contributed by atoms with Gasteiger partial charge in [0.2, 0.25) is 0 Å². The number of Topliss-reactive ketones (excluding diaryl/α,β-unsaturated/α-hetero) is 1. The van der Waals surface area contributed by atoms with E-state index in [1.165, 1.54) is 0 Å². The fourth-order valence-electron chi connectivity index (χ4n) is 5.00. The maximum absolute atomic E-state index is 13.4. The minimum Gasteiger partial charge on any atom is -0.487 e. The molecule has 1 saturated carbocycles. The first kappa shape index (κ1) is 33.9. The summed E-state index contributed by atoms with van der Waals surface area (Å²) in [4.78, 5) is 13.4. The third kappa shape index (κ3) is 11.1. The van der Waals surface area contributed by atoms with Gasteiger partial charge in [0.05, 0.1) is 79.3 Å². The van der Waals surface area contributed by atoms with Crippen LogP contribution in [0.1, 0.15) is 24.0 Å². The summed E-state index contributed by atoms with van der Waals surface area (Å²) in [5.74, 6) is 2.46. The van der Waals surface area contributed by atoms with Crippen LogP contribution in [0.5, 0.6) is 23.0 Å². The molecule has 0 amide bonds. The molecule has 2 aromatic rings. The number of fused-ring (bicyclic) bond motifs is 2. The Morgan fingerprint density at radius 2 is 0.696 bits per heavy atom. The number of hydrogen-bond acceptors (Lipinski definition) is 11. The fourth-order valence-corrected chi connectivity index (χ4v) is 5.00. The first-order valence-electron chi connectivity index (χ1n) is 16.0. The van der Waals surface area contributed by atoms with Crippen LogP contribution >= 0.6 is 0 Å². The Labute approximate surface area is 270 Å². The molecule has 0 aromatic heterocycles. The predicted molar refractivity (Wildman–Crippen MR) is 170 cm³/mol. The Hall–Kier alpha value is -3.45. The van der Waals surface area contributed by atoms with Gasteiger partial charge in [-0.25, -0.2) is 0 Å². The van der Waals surface area contributed by atoms with Crippen molar-refractivity contribution in [3.63, 3.8) is 0 Å². The third-order valence-electron chi connectivity index (χ3n) is 7.29. The number of carbonyl (C=O) groups is 1. The molecule has 2 aromatic carbocycles. The van der Waals surface area contributed by atoms with Crippen molar-refractivity contribution >= 4 is 17.9 Å². The molecule has 0 radical (unpaired) electrons. The summed E-state index contributed by atoms with van der Waals surface area (Å²) in [5.41, 5.74) is 3.22. The zero-order chi connectivity index (χ0) is 31.7. The van der Waals surface area contributed by atoms with E-state index in [0.717, 1.165) is 22.3 Å². The van der Waals surface area contributed by atoms with E-state index in [0.29, 0.717) is 142 Å². The highest BCUT2D eigenvalue weighted by molar-refractivity contribution is 6.15. The van der Waals surface area contributed by atoms with Crippen LogP contribution in [0.3, 0.4) is 0 Å². The average Bonchev–Trinajstić information content (AvgIpc) is 3.39. The summed E-state index contributed by atoms with van der Waals surface area (Å²) < 4.78 is 57.1. The number of ketones is 1. The molecule has 5 rings (SSSR count). The molecular weight excluding hydrogens is 596 g/mol. The van der Waals surface area contributed by atoms with Crippen molar-refractivity contribution < 1.29 is 52.2 Å². The van der Waals surface area contributed by atoms with Crippen LogP contribution in [0.15, 0.2) is 47.5 Å². The van der Waals surface area contributed by atoms with Crippen molar-refractivity contribution in [3.8, 4) is 23.0 Å². The molecule has 0 atom stereocenters. The lowest BCUT2D eigenvalue weighted by Gasteiger charge is -2.14. The second-order valence-electron chi connectivity index (χ2n) is 10.6. The van der Waals surface area contributed by atoms with Gasteiger partial charge < -0.3 is 47.4 Å². The second-order valence-corrected chi connectivity index (χ2v) is 10.6. The Morgan fingerprint density at radius 1 is 0.391 bits per heavy atom. The van der Waals surface area contributed by atoms with E-state index < -0.39 is 0 Å². The van der Waals surface area contributed by atoms with Gasteiger partial charge in [-0.1, -0.05) is 12.1 Å². The van der Waals surface area contributed by atoms with Gasteiger partial charge in [-0.3, -0.25) is 4.79 Å². The van der Waals surface area contributed by atoms with Crippen LogP contribution < -0.4 is 18.9 Å². The van der Waals surface area contributed by atoms with Gasteiger partial charge in [-0.05, 0) is 60.4 Å². The van der Waals surface area contributed by atoms with Gasteiger partial charge in [0.1, 0.15) is 26.4 Å². The van der Waals surface area contributed by atoms with Crippen LogP contribution in [0.4, 0.5) is 0 Å². The van der Waals surface area contributed by atoms with Crippen molar-refractivity contribution in [1.82, 2.24) is 0 Å². The van der Waals surface area contributed by atoms with Crippen LogP contribution in [-0.4, -0.2) is 111 Å². The lowest BCUT2D eigenvalue weighted by Crippen LogP contribution is -2.13. The lowest BCUT2D eigenvalue weighted by atomic mass is 10.1. The van der Waals surface area contributed by atoms with Gasteiger partial charge in [-0.15, -0.1) is 0 Å². The van der Waals surface area contributed by atoms with Crippen LogP contribution in [0.2, 0.25) is 0 Å². The number of ether oxygens (including phenoxy) is 10. The molecule has 46 heavy (non-hydrogen) atoms. The SMILES string of the molecule is O=C1/C(=C/c2ccc3c(c2)OCCOCCOCCOCCO3)CC/C1=C\c1ccc2c(c1)OCCOCCOCCOCCO2. The van der Waals surface area contributed by atoms with Crippen LogP contribution in [0, 0.1) is 0 Å². The lowest BCUT2D eigenvalue weighted by molar-refractivity contribution is -0.111. The monoisotopic (exact) mass is 640 g/mol. The van der Waals surface area contributed by atoms with E-state index in [1.54, 1.807) is 0 Å². The Bertz CT molecular complexity index is 1210. The number of carbonyl (C=O) groups excluding carboxylic acids is 1. The number of hydrogen-bond donors (Lipinski definition) is 0. The standard InChI is InChI=1S/C35H44O11/c36-35-29(23-27-1-5-31-33(25-27)45-21-17-41-13-9-37-7-11-39-15-19-43-31)3-4-30(35)24-28-2-6-32-34(26-28)46-22-18-42-14-10-38-8-12-40-16-20-44-32/h1-2,5-6,23-26H,3-4,7-22H2/b29-23+,30-24+. The van der Waals surface area contributed by atoms with E-state index in [-0.39, 0.29) is 5.78 Å². The van der Waals surface area contributed by atoms with Crippen LogP contribution in [-0.2, 0) is 33.2 Å². The van der Waals surface area contributed by atoms with E-state index in [1.807, 2.05) is 48.6 Å². The van der Waals surface area contributed by atoms with Crippen molar-refractivity contribution in [3.05, 3.63) is 58.7 Å². The topological polar surface area (TPSA) is 109 Å². The number of rotatable bonds is 2. The molecule has 2 heterocycles. The van der Waals surface area contributed by atoms with E-state index in [9.17, 15) is 4.79 Å². The molecule has 0 unspecified atom stereocenters. The molecule has 0 spiro atoms. The molecule has 3 aliphatic rings. The first-order valence-corrected chi connectivity index (χ1v) is 16.0. The maximum atomic E-state index is 13.4. The summed E-state index contributed by atoms with van der Waals surface area (Å²) in [6.07, 6.45) is 5.15. The van der Waals surface area contributed by atoms with Crippen molar-refractivity contribution in [2.24, 2.45) is 0 Å². The summed E-state index contributed by atoms with van der Waals surface area (Å²) in [7, 11) is 0. The average molecular weight is 641 g/mol. The van der Waals surface area contributed by atoms with Crippen molar-refractivity contribution in [1.29, 1.82) is 0 Å². The molecule has 0 saturated heterocycles. The van der Waals surface area contributed by atoms with E-state index in [4.69, 9.17) is 47.4 Å². The van der Waals surface area contributed by atoms with Gasteiger partial charge in [-0.2, -0.15) is 0 Å². The molecule has 1 fully saturated rings. The number of benzene rings is 2. The van der Waals surface area contributed by atoms with Gasteiger partial charge in [0.25, 0.3) is 0 Å². The minimum atomic E-state index is 0.0298. The zero-order valence-electron chi connectivity index (χ0n) is 26.3. The molecular formula is C35H44O11. The molecule has 0 bridgehead atoms. The molecule has 11 heteroatoms. The van der Waals surface area contributed by atoms with Crippen molar-refractivity contribution in [2.75, 3.05) is 106 Å². The van der Waals surface area contributed by atoms with Gasteiger partial charge in [0.15, 0.2) is 28.8 Å². The van der Waals surface area contributed by atoms with Gasteiger partial charge >= 0.3 is 0 Å². The molecule has 1 aliphatic carbocycles. The summed E-state index contributed by atoms with van der Waals surface area (Å²) in [5, 5.41) is 0. The molecule has 250 valence electrons. The molecule has 2 aliphatic heterocycles. The van der Waals surface area contributed by atoms with E-state index >= 15 is 0 Å². The van der Waals surface area contributed by atoms with Crippen LogP contribution in [0.25, 0.3) is 12.2 Å². The van der Waals surface area contributed by atoms with E-state index in [2.05, 4.69) is 0 Å². The molecule has 0 N–H and O–H groups in total. The minimum absolute atomic E-state index is 0.0298. The highest BCUT2D eigenvalue weighted by Gasteiger charge is 2.23. The fraction of sp³-hybridized carbons (Fsp3) is 0.514. The Morgan fingerprint density at radius 3 is 1.04 bits per heavy atom. The maximum Gasteiger partial charge on any atom is 0.185 e. The zero-order valence-corrected chi connectivity index (χ0v) is 26.3. The number of allylic oxidation sites excluding steroid dienone is 2. The molecule has 11 nitrogen and oxygen atoms in total. The highest BCUT2D eigenvalue weighted by atomic mass is 16.6. The Kier molecular flexibility index (Phi) is 14.2. The smallest absolute Gasteiger partial charge is 0.185 e. The predicted octanol–water partition coefficient (Wildman–Crippen LogP) is 4.16. The summed E-state index contributed by atoms with van der Waals surface area (Å²) in [6.45, 7) is 7.27. The largest absolute Gasteiger partial charge is 0.487 e. The Balaban J connectivity index is 1.25. The van der Waals surface area contributed by atoms with Gasteiger partial charge in [0, 0.05) is 11.1 Å². The normalized spacial score (nSPS) is 22.0. The third-order valence-corrected chi connectivity index (χ3v) is 7.29. The second kappa shape index (κ2) is 19.3. The quantitative estimate of drug-likeness (QED) is 0.442. The first-order chi connectivity index (χ1) is 22.8. The highest BCUT2D eigenvalue weighted by Crippen LogP contribution is 2.34. The summed E-state index contributed by atoms with van der Waals surface area (Å²) >= 11 is 0. The van der Waals surface area contributed by atoms with Crippen molar-refractivity contribution in [2.45, 2.75) is 12.8 Å².